The monoisotopic (exact) mass is 291 g/mol. The van der Waals surface area contributed by atoms with Gasteiger partial charge in [-0.3, -0.25) is 0 Å². The first kappa shape index (κ1) is 13.0. The highest BCUT2D eigenvalue weighted by Crippen LogP contribution is 2.47. The van der Waals surface area contributed by atoms with E-state index in [1.165, 1.54) is 20.9 Å². The fourth-order valence-electron chi connectivity index (χ4n) is 3.35. The highest BCUT2D eigenvalue weighted by Gasteiger charge is 2.48. The summed E-state index contributed by atoms with van der Waals surface area (Å²) in [5.74, 6) is 0.556. The lowest BCUT2D eigenvalue weighted by Gasteiger charge is -2.14. The van der Waals surface area contributed by atoms with Crippen LogP contribution in [0.1, 0.15) is 24.0 Å². The van der Waals surface area contributed by atoms with E-state index in [0.29, 0.717) is 11.2 Å². The summed E-state index contributed by atoms with van der Waals surface area (Å²) in [5, 5.41) is 0.597. The molecule has 0 N–H and O–H groups in total. The SMILES string of the molecule is CCc1ccc([S+]2c3ccccc3C3C=CC=CC32)cc1. The first-order valence-electron chi connectivity index (χ1n) is 7.64. The molecule has 0 bridgehead atoms. The third-order valence-corrected chi connectivity index (χ3v) is 7.08. The summed E-state index contributed by atoms with van der Waals surface area (Å²) < 4.78 is 0. The first-order valence-corrected chi connectivity index (χ1v) is 8.93. The number of allylic oxidation sites excluding steroid dienone is 3. The molecule has 21 heavy (non-hydrogen) atoms. The van der Waals surface area contributed by atoms with Crippen LogP contribution in [-0.4, -0.2) is 5.25 Å². The highest BCUT2D eigenvalue weighted by atomic mass is 32.2. The van der Waals surface area contributed by atoms with Crippen LogP contribution in [-0.2, 0) is 17.3 Å². The van der Waals surface area contributed by atoms with Gasteiger partial charge in [0.25, 0.3) is 0 Å². The van der Waals surface area contributed by atoms with Crippen LogP contribution in [0.2, 0.25) is 0 Å². The number of hydrogen-bond acceptors (Lipinski definition) is 0. The molecule has 0 nitrogen and oxygen atoms in total. The molecule has 104 valence electrons. The fraction of sp³-hybridized carbons (Fsp3) is 0.200. The van der Waals surface area contributed by atoms with Crippen LogP contribution in [0.15, 0.2) is 82.6 Å². The van der Waals surface area contributed by atoms with Crippen LogP contribution in [0.25, 0.3) is 0 Å². The van der Waals surface area contributed by atoms with Crippen molar-refractivity contribution in [3.63, 3.8) is 0 Å². The Labute approximate surface area is 129 Å². The molecule has 3 unspecified atom stereocenters. The van der Waals surface area contributed by atoms with Gasteiger partial charge in [-0.2, -0.15) is 0 Å². The van der Waals surface area contributed by atoms with E-state index in [2.05, 4.69) is 79.8 Å². The molecular formula is C20H19S+. The summed E-state index contributed by atoms with van der Waals surface area (Å²) in [6, 6.07) is 18.3. The number of rotatable bonds is 2. The van der Waals surface area contributed by atoms with Gasteiger partial charge in [0.05, 0.1) is 16.8 Å². The Morgan fingerprint density at radius 1 is 0.905 bits per heavy atom. The van der Waals surface area contributed by atoms with Gasteiger partial charge in [-0.15, -0.1) is 0 Å². The summed E-state index contributed by atoms with van der Waals surface area (Å²) in [6.07, 6.45) is 10.3. The van der Waals surface area contributed by atoms with Crippen LogP contribution >= 0.6 is 0 Å². The lowest BCUT2D eigenvalue weighted by atomic mass is 9.93. The Kier molecular flexibility index (Phi) is 3.23. The molecule has 0 amide bonds. The van der Waals surface area contributed by atoms with Crippen LogP contribution in [0.5, 0.6) is 0 Å². The predicted octanol–water partition coefficient (Wildman–Crippen LogP) is 4.88. The third-order valence-electron chi connectivity index (χ3n) is 4.46. The van der Waals surface area contributed by atoms with E-state index in [4.69, 9.17) is 0 Å². The van der Waals surface area contributed by atoms with E-state index in [0.717, 1.165) is 6.42 Å². The van der Waals surface area contributed by atoms with E-state index >= 15 is 0 Å². The lowest BCUT2D eigenvalue weighted by molar-refractivity contribution is 0.877. The van der Waals surface area contributed by atoms with Crippen molar-refractivity contribution in [3.8, 4) is 0 Å². The maximum Gasteiger partial charge on any atom is 0.165 e. The van der Waals surface area contributed by atoms with Gasteiger partial charge in [0, 0.05) is 5.56 Å². The smallest absolute Gasteiger partial charge is 0.0715 e. The van der Waals surface area contributed by atoms with Gasteiger partial charge in [0.1, 0.15) is 0 Å². The molecule has 0 radical (unpaired) electrons. The zero-order valence-corrected chi connectivity index (χ0v) is 13.0. The second kappa shape index (κ2) is 5.23. The normalized spacial score (nSPS) is 25.7. The quantitative estimate of drug-likeness (QED) is 0.692. The Hall–Kier alpha value is -1.73. The van der Waals surface area contributed by atoms with Crippen molar-refractivity contribution in [1.29, 1.82) is 0 Å². The molecule has 4 rings (SSSR count). The van der Waals surface area contributed by atoms with Crippen molar-refractivity contribution in [2.45, 2.75) is 34.3 Å². The summed E-state index contributed by atoms with van der Waals surface area (Å²) >= 11 is 0. The van der Waals surface area contributed by atoms with E-state index < -0.39 is 0 Å². The predicted molar refractivity (Wildman–Crippen MR) is 91.0 cm³/mol. The second-order valence-corrected chi connectivity index (χ2v) is 7.76. The molecule has 2 aromatic carbocycles. The number of hydrogen-bond donors (Lipinski definition) is 0. The summed E-state index contributed by atoms with van der Waals surface area (Å²) in [4.78, 5) is 3.01. The van der Waals surface area contributed by atoms with Gasteiger partial charge in [0.2, 0.25) is 0 Å². The van der Waals surface area contributed by atoms with Gasteiger partial charge >= 0.3 is 0 Å². The van der Waals surface area contributed by atoms with E-state index in [1.807, 2.05) is 0 Å². The molecule has 1 aliphatic carbocycles. The van der Waals surface area contributed by atoms with Crippen LogP contribution in [0.4, 0.5) is 0 Å². The molecule has 0 saturated carbocycles. The minimum absolute atomic E-state index is 0.170. The third kappa shape index (κ3) is 2.08. The Morgan fingerprint density at radius 2 is 1.67 bits per heavy atom. The lowest BCUT2D eigenvalue weighted by Crippen LogP contribution is -2.19. The van der Waals surface area contributed by atoms with E-state index in [-0.39, 0.29) is 10.9 Å². The van der Waals surface area contributed by atoms with Crippen molar-refractivity contribution in [1.82, 2.24) is 0 Å². The maximum absolute atomic E-state index is 2.40. The molecule has 2 aliphatic rings. The molecule has 0 aromatic heterocycles. The summed E-state index contributed by atoms with van der Waals surface area (Å²) in [7, 11) is 0.170. The Bertz CT molecular complexity index is 709. The van der Waals surface area contributed by atoms with Crippen molar-refractivity contribution >= 4 is 10.9 Å². The molecule has 0 fully saturated rings. The maximum atomic E-state index is 2.40. The van der Waals surface area contributed by atoms with Crippen LogP contribution in [0.3, 0.4) is 0 Å². The molecular weight excluding hydrogens is 272 g/mol. The molecule has 0 saturated heterocycles. The largest absolute Gasteiger partial charge is 0.165 e. The van der Waals surface area contributed by atoms with E-state index in [9.17, 15) is 0 Å². The number of fused-ring (bicyclic) bond motifs is 3. The average Bonchev–Trinajstić information content (AvgIpc) is 2.90. The Balaban J connectivity index is 1.83. The second-order valence-electron chi connectivity index (χ2n) is 5.63. The van der Waals surface area contributed by atoms with Gasteiger partial charge in [-0.05, 0) is 36.3 Å². The van der Waals surface area contributed by atoms with Crippen molar-refractivity contribution < 1.29 is 0 Å². The topological polar surface area (TPSA) is 0 Å². The Morgan fingerprint density at radius 3 is 2.48 bits per heavy atom. The highest BCUT2D eigenvalue weighted by molar-refractivity contribution is 7.98. The van der Waals surface area contributed by atoms with Crippen molar-refractivity contribution in [3.05, 3.63) is 84.0 Å². The minimum Gasteiger partial charge on any atom is -0.0715 e. The van der Waals surface area contributed by atoms with Crippen molar-refractivity contribution in [2.24, 2.45) is 0 Å². The molecule has 1 heterocycles. The average molecular weight is 291 g/mol. The molecule has 3 atom stereocenters. The van der Waals surface area contributed by atoms with E-state index in [1.54, 1.807) is 0 Å². The van der Waals surface area contributed by atoms with Gasteiger partial charge in [-0.25, -0.2) is 0 Å². The summed E-state index contributed by atoms with van der Waals surface area (Å²) in [6.45, 7) is 2.22. The van der Waals surface area contributed by atoms with Crippen molar-refractivity contribution in [2.75, 3.05) is 0 Å². The fourth-order valence-corrected chi connectivity index (χ4v) is 6.10. The molecule has 2 aromatic rings. The zero-order chi connectivity index (χ0) is 14.2. The molecule has 1 heteroatoms. The van der Waals surface area contributed by atoms with Crippen LogP contribution < -0.4 is 0 Å². The van der Waals surface area contributed by atoms with Gasteiger partial charge in [-0.1, -0.05) is 55.5 Å². The standard InChI is InChI=1S/C20H19S/c1-2-15-11-13-16(14-12-15)21-19-9-5-3-7-17(19)18-8-4-6-10-20(18)21/h3-14,17,19H,2H2,1H3/q+1. The number of benzene rings is 2. The van der Waals surface area contributed by atoms with Gasteiger partial charge in [0.15, 0.2) is 15.0 Å². The summed E-state index contributed by atoms with van der Waals surface area (Å²) in [5.41, 5.74) is 2.94. The first-order chi connectivity index (χ1) is 10.4. The zero-order valence-electron chi connectivity index (χ0n) is 12.2. The molecule has 0 spiro atoms. The number of aryl methyl sites for hydroxylation is 1. The van der Waals surface area contributed by atoms with Gasteiger partial charge < -0.3 is 0 Å². The minimum atomic E-state index is 0.170. The molecule has 1 aliphatic heterocycles. The van der Waals surface area contributed by atoms with Crippen LogP contribution in [0, 0.1) is 0 Å².